The highest BCUT2D eigenvalue weighted by molar-refractivity contribution is 8.00. The van der Waals surface area contributed by atoms with Crippen molar-refractivity contribution < 1.29 is 9.53 Å². The lowest BCUT2D eigenvalue weighted by Crippen LogP contribution is -2.12. The van der Waals surface area contributed by atoms with Gasteiger partial charge in [0.15, 0.2) is 0 Å². The Morgan fingerprint density at radius 2 is 2.38 bits per heavy atom. The summed E-state index contributed by atoms with van der Waals surface area (Å²) in [6.45, 7) is 0. The minimum Gasteiger partial charge on any atom is -0.497 e. The highest BCUT2D eigenvalue weighted by atomic mass is 32.2. The van der Waals surface area contributed by atoms with Crippen LogP contribution in [-0.2, 0) is 4.79 Å². The number of amides is 1. The molecule has 1 rings (SSSR count). The molecule has 1 amide bonds. The standard InChI is InChI=1S/C9H11NO2S/c1-12-7-3-2-4-8(5-7)13-6-9(10)11/h2-5H,6H2,1H3,(H2,10,11). The fraction of sp³-hybridized carbons (Fsp3) is 0.222. The molecular weight excluding hydrogens is 186 g/mol. The van der Waals surface area contributed by atoms with E-state index in [-0.39, 0.29) is 5.91 Å². The number of carbonyl (C=O) groups excluding carboxylic acids is 1. The first-order valence-electron chi connectivity index (χ1n) is 3.77. The van der Waals surface area contributed by atoms with Crippen molar-refractivity contribution in [3.05, 3.63) is 24.3 Å². The summed E-state index contributed by atoms with van der Waals surface area (Å²) in [6, 6.07) is 7.51. The van der Waals surface area contributed by atoms with Gasteiger partial charge < -0.3 is 10.5 Å². The predicted octanol–water partition coefficient (Wildman–Crippen LogP) is 1.27. The molecule has 0 spiro atoms. The van der Waals surface area contributed by atoms with Crippen molar-refractivity contribution in [1.82, 2.24) is 0 Å². The first-order valence-corrected chi connectivity index (χ1v) is 4.76. The molecule has 0 heterocycles. The third kappa shape index (κ3) is 3.38. The van der Waals surface area contributed by atoms with E-state index in [1.165, 1.54) is 11.8 Å². The molecule has 0 aromatic heterocycles. The smallest absolute Gasteiger partial charge is 0.227 e. The van der Waals surface area contributed by atoms with Crippen molar-refractivity contribution in [3.8, 4) is 5.75 Å². The normalized spacial score (nSPS) is 9.62. The van der Waals surface area contributed by atoms with Gasteiger partial charge in [-0.2, -0.15) is 0 Å². The van der Waals surface area contributed by atoms with Crippen molar-refractivity contribution in [1.29, 1.82) is 0 Å². The Morgan fingerprint density at radius 1 is 1.62 bits per heavy atom. The van der Waals surface area contributed by atoms with Gasteiger partial charge in [-0.3, -0.25) is 4.79 Å². The molecule has 0 saturated heterocycles. The molecule has 0 aliphatic carbocycles. The van der Waals surface area contributed by atoms with Crippen LogP contribution in [0.15, 0.2) is 29.2 Å². The van der Waals surface area contributed by atoms with Crippen LogP contribution in [0.2, 0.25) is 0 Å². The number of ether oxygens (including phenoxy) is 1. The number of thioether (sulfide) groups is 1. The van der Waals surface area contributed by atoms with E-state index in [2.05, 4.69) is 0 Å². The van der Waals surface area contributed by atoms with Crippen LogP contribution >= 0.6 is 11.8 Å². The molecule has 3 nitrogen and oxygen atoms in total. The Morgan fingerprint density at radius 3 is 3.00 bits per heavy atom. The van der Waals surface area contributed by atoms with E-state index in [4.69, 9.17) is 10.5 Å². The van der Waals surface area contributed by atoms with Gasteiger partial charge in [-0.15, -0.1) is 11.8 Å². The fourth-order valence-electron chi connectivity index (χ4n) is 0.845. The van der Waals surface area contributed by atoms with Crippen molar-refractivity contribution in [2.45, 2.75) is 4.90 Å². The highest BCUT2D eigenvalue weighted by Gasteiger charge is 1.98. The summed E-state index contributed by atoms with van der Waals surface area (Å²) in [4.78, 5) is 11.5. The second kappa shape index (κ2) is 4.77. The Balaban J connectivity index is 2.61. The van der Waals surface area contributed by atoms with Gasteiger partial charge in [0, 0.05) is 4.90 Å². The molecule has 1 aromatic rings. The number of primary amides is 1. The fourth-order valence-corrected chi connectivity index (χ4v) is 1.53. The van der Waals surface area contributed by atoms with E-state index in [1.807, 2.05) is 24.3 Å². The average molecular weight is 197 g/mol. The van der Waals surface area contributed by atoms with Gasteiger partial charge in [-0.1, -0.05) is 6.07 Å². The summed E-state index contributed by atoms with van der Waals surface area (Å²) in [5.74, 6) is 0.773. The number of benzene rings is 1. The maximum absolute atomic E-state index is 10.5. The van der Waals surface area contributed by atoms with Crippen LogP contribution in [0.1, 0.15) is 0 Å². The largest absolute Gasteiger partial charge is 0.497 e. The molecule has 4 heteroatoms. The zero-order valence-electron chi connectivity index (χ0n) is 7.32. The van der Waals surface area contributed by atoms with Crippen molar-refractivity contribution in [2.75, 3.05) is 12.9 Å². The summed E-state index contributed by atoms with van der Waals surface area (Å²) < 4.78 is 5.03. The second-order valence-electron chi connectivity index (χ2n) is 2.43. The first-order chi connectivity index (χ1) is 6.22. The molecule has 70 valence electrons. The average Bonchev–Trinajstić information content (AvgIpc) is 2.15. The number of nitrogens with two attached hydrogens (primary N) is 1. The zero-order chi connectivity index (χ0) is 9.68. The lowest BCUT2D eigenvalue weighted by Gasteiger charge is -2.02. The van der Waals surface area contributed by atoms with Crippen LogP contribution in [0.3, 0.4) is 0 Å². The Kier molecular flexibility index (Phi) is 3.64. The van der Waals surface area contributed by atoms with Gasteiger partial charge in [0.05, 0.1) is 12.9 Å². The van der Waals surface area contributed by atoms with E-state index in [1.54, 1.807) is 7.11 Å². The molecule has 0 bridgehead atoms. The lowest BCUT2D eigenvalue weighted by atomic mass is 10.3. The van der Waals surface area contributed by atoms with Crippen molar-refractivity contribution >= 4 is 17.7 Å². The molecule has 13 heavy (non-hydrogen) atoms. The predicted molar refractivity (Wildman–Crippen MR) is 52.9 cm³/mol. The Bertz CT molecular complexity index is 301. The molecule has 0 unspecified atom stereocenters. The number of carbonyl (C=O) groups is 1. The Labute approximate surface area is 81.3 Å². The maximum Gasteiger partial charge on any atom is 0.227 e. The van der Waals surface area contributed by atoms with Crippen molar-refractivity contribution in [3.63, 3.8) is 0 Å². The Hall–Kier alpha value is -1.16. The number of hydrogen-bond acceptors (Lipinski definition) is 3. The van der Waals surface area contributed by atoms with Crippen LogP contribution in [0.4, 0.5) is 0 Å². The molecular formula is C9H11NO2S. The van der Waals surface area contributed by atoms with Gasteiger partial charge in [0.1, 0.15) is 5.75 Å². The number of methoxy groups -OCH3 is 1. The van der Waals surface area contributed by atoms with Crippen LogP contribution < -0.4 is 10.5 Å². The molecule has 0 aliphatic rings. The highest BCUT2D eigenvalue weighted by Crippen LogP contribution is 2.22. The number of rotatable bonds is 4. The summed E-state index contributed by atoms with van der Waals surface area (Å²) >= 11 is 1.40. The third-order valence-electron chi connectivity index (χ3n) is 1.42. The summed E-state index contributed by atoms with van der Waals surface area (Å²) in [6.07, 6.45) is 0. The molecule has 0 aliphatic heterocycles. The van der Waals surface area contributed by atoms with Gasteiger partial charge in [-0.05, 0) is 18.2 Å². The molecule has 0 fully saturated rings. The molecule has 1 aromatic carbocycles. The minimum atomic E-state index is -0.312. The van der Waals surface area contributed by atoms with Gasteiger partial charge >= 0.3 is 0 Å². The van der Waals surface area contributed by atoms with Crippen molar-refractivity contribution in [2.24, 2.45) is 5.73 Å². The molecule has 0 saturated carbocycles. The number of hydrogen-bond donors (Lipinski definition) is 1. The second-order valence-corrected chi connectivity index (χ2v) is 3.48. The van der Waals surface area contributed by atoms with E-state index < -0.39 is 0 Å². The van der Waals surface area contributed by atoms with E-state index in [0.717, 1.165) is 10.6 Å². The zero-order valence-corrected chi connectivity index (χ0v) is 8.14. The van der Waals surface area contributed by atoms with Gasteiger partial charge in [0.25, 0.3) is 0 Å². The molecule has 0 atom stereocenters. The summed E-state index contributed by atoms with van der Waals surface area (Å²) in [7, 11) is 1.61. The summed E-state index contributed by atoms with van der Waals surface area (Å²) in [5.41, 5.74) is 5.02. The molecule has 2 N–H and O–H groups in total. The van der Waals surface area contributed by atoms with E-state index in [9.17, 15) is 4.79 Å². The van der Waals surface area contributed by atoms with Gasteiger partial charge in [0.2, 0.25) is 5.91 Å². The quantitative estimate of drug-likeness (QED) is 0.739. The van der Waals surface area contributed by atoms with E-state index >= 15 is 0 Å². The van der Waals surface area contributed by atoms with Crippen LogP contribution in [0, 0.1) is 0 Å². The van der Waals surface area contributed by atoms with Crippen LogP contribution in [0.25, 0.3) is 0 Å². The monoisotopic (exact) mass is 197 g/mol. The van der Waals surface area contributed by atoms with Crippen LogP contribution in [0.5, 0.6) is 5.75 Å². The summed E-state index contributed by atoms with van der Waals surface area (Å²) in [5, 5.41) is 0. The topological polar surface area (TPSA) is 52.3 Å². The molecule has 0 radical (unpaired) electrons. The first kappa shape index (κ1) is 9.92. The van der Waals surface area contributed by atoms with Gasteiger partial charge in [-0.25, -0.2) is 0 Å². The lowest BCUT2D eigenvalue weighted by molar-refractivity contribution is -0.115. The maximum atomic E-state index is 10.5. The van der Waals surface area contributed by atoms with E-state index in [0.29, 0.717) is 5.75 Å². The van der Waals surface area contributed by atoms with Crippen LogP contribution in [-0.4, -0.2) is 18.8 Å². The third-order valence-corrected chi connectivity index (χ3v) is 2.44. The minimum absolute atomic E-state index is 0.299. The SMILES string of the molecule is COc1cccc(SCC(N)=O)c1.